The third kappa shape index (κ3) is 5.06. The zero-order valence-corrected chi connectivity index (χ0v) is 19.2. The molecule has 1 aliphatic rings. The van der Waals surface area contributed by atoms with Crippen molar-refractivity contribution in [2.45, 2.75) is 50.1 Å². The number of anilines is 2. The fourth-order valence-corrected chi connectivity index (χ4v) is 4.74. The molecule has 6 nitrogen and oxygen atoms in total. The molecule has 4 aromatic rings. The summed E-state index contributed by atoms with van der Waals surface area (Å²) in [5.41, 5.74) is 4.30. The van der Waals surface area contributed by atoms with Crippen molar-refractivity contribution in [3.63, 3.8) is 0 Å². The molecular formula is C25H25FN6S. The molecule has 3 aromatic heterocycles. The monoisotopic (exact) mass is 460 g/mol. The van der Waals surface area contributed by atoms with Crippen LogP contribution in [0.3, 0.4) is 0 Å². The summed E-state index contributed by atoms with van der Waals surface area (Å²) in [5.74, 6) is 0.303. The van der Waals surface area contributed by atoms with Crippen molar-refractivity contribution in [1.29, 1.82) is 0 Å². The lowest BCUT2D eigenvalue weighted by Gasteiger charge is -2.22. The van der Waals surface area contributed by atoms with Gasteiger partial charge in [-0.15, -0.1) is 0 Å². The summed E-state index contributed by atoms with van der Waals surface area (Å²) in [6, 6.07) is 13.1. The zero-order valence-electron chi connectivity index (χ0n) is 18.4. The summed E-state index contributed by atoms with van der Waals surface area (Å²) in [4.78, 5) is 18.1. The first-order chi connectivity index (χ1) is 16.2. The van der Waals surface area contributed by atoms with Crippen LogP contribution in [0.15, 0.2) is 59.9 Å². The molecule has 2 N–H and O–H groups in total. The van der Waals surface area contributed by atoms with Crippen LogP contribution in [0.25, 0.3) is 22.3 Å². The number of rotatable bonds is 6. The minimum absolute atomic E-state index is 0.348. The molecule has 0 atom stereocenters. The molecule has 33 heavy (non-hydrogen) atoms. The van der Waals surface area contributed by atoms with Crippen molar-refractivity contribution in [3.8, 4) is 11.3 Å². The van der Waals surface area contributed by atoms with E-state index in [2.05, 4.69) is 20.0 Å². The second-order valence-corrected chi connectivity index (χ2v) is 9.12. The average Bonchev–Trinajstić information content (AvgIpc) is 2.85. The molecule has 3 heterocycles. The van der Waals surface area contributed by atoms with Crippen LogP contribution in [0, 0.1) is 12.7 Å². The van der Waals surface area contributed by atoms with Gasteiger partial charge in [0.15, 0.2) is 0 Å². The van der Waals surface area contributed by atoms with Crippen molar-refractivity contribution >= 4 is 34.6 Å². The highest BCUT2D eigenvalue weighted by Crippen LogP contribution is 2.29. The number of benzene rings is 1. The number of aromatic nitrogens is 4. The molecule has 0 unspecified atom stereocenters. The molecule has 8 heteroatoms. The van der Waals surface area contributed by atoms with Gasteiger partial charge in [0.05, 0.1) is 23.1 Å². The number of nitrogens with zero attached hydrogens (tertiary/aromatic N) is 4. The maximum atomic E-state index is 14.8. The van der Waals surface area contributed by atoms with Gasteiger partial charge in [-0.25, -0.2) is 24.3 Å². The Labute approximate surface area is 196 Å². The minimum atomic E-state index is -0.348. The zero-order chi connectivity index (χ0) is 22.6. The quantitative estimate of drug-likeness (QED) is 0.323. The van der Waals surface area contributed by atoms with Gasteiger partial charge in [0.1, 0.15) is 16.4 Å². The maximum absolute atomic E-state index is 14.8. The standard InChI is InChI=1S/C25H25FN6S/c1-16-13-21(17-10-11-20(19(26)14-17)32-33-23-9-5-6-12-27-23)30-22-15-28-25(31-24(16)22)29-18-7-3-2-4-8-18/h5-6,9-15,18,32H,2-4,7-8H2,1H3,(H,28,29,31). The fourth-order valence-electron chi connectivity index (χ4n) is 4.10. The van der Waals surface area contributed by atoms with Crippen LogP contribution >= 0.6 is 11.9 Å². The molecular weight excluding hydrogens is 435 g/mol. The van der Waals surface area contributed by atoms with Crippen LogP contribution in [0.2, 0.25) is 0 Å². The normalized spacial score (nSPS) is 14.4. The molecule has 1 aliphatic carbocycles. The van der Waals surface area contributed by atoms with E-state index >= 15 is 0 Å². The van der Waals surface area contributed by atoms with E-state index in [1.54, 1.807) is 18.5 Å². The first-order valence-corrected chi connectivity index (χ1v) is 12.0. The topological polar surface area (TPSA) is 75.6 Å². The van der Waals surface area contributed by atoms with Gasteiger partial charge < -0.3 is 10.0 Å². The summed E-state index contributed by atoms with van der Waals surface area (Å²) >= 11 is 1.27. The fraction of sp³-hybridized carbons (Fsp3) is 0.280. The number of fused-ring (bicyclic) bond motifs is 1. The summed E-state index contributed by atoms with van der Waals surface area (Å²) in [5, 5.41) is 4.24. The van der Waals surface area contributed by atoms with Crippen LogP contribution in [-0.2, 0) is 0 Å². The van der Waals surface area contributed by atoms with E-state index in [0.29, 0.717) is 34.5 Å². The van der Waals surface area contributed by atoms with Crippen LogP contribution in [-0.4, -0.2) is 26.0 Å². The number of aryl methyl sites for hydroxylation is 1. The van der Waals surface area contributed by atoms with Gasteiger partial charge in [-0.3, -0.25) is 0 Å². The van der Waals surface area contributed by atoms with Crippen LogP contribution in [0.1, 0.15) is 37.7 Å². The van der Waals surface area contributed by atoms with E-state index in [1.807, 2.05) is 37.3 Å². The number of nitrogens with one attached hydrogen (secondary N) is 2. The highest BCUT2D eigenvalue weighted by molar-refractivity contribution is 8.00. The van der Waals surface area contributed by atoms with Crippen molar-refractivity contribution in [2.75, 3.05) is 10.0 Å². The lowest BCUT2D eigenvalue weighted by atomic mass is 9.96. The van der Waals surface area contributed by atoms with Crippen molar-refractivity contribution in [3.05, 3.63) is 66.2 Å². The van der Waals surface area contributed by atoms with Gasteiger partial charge >= 0.3 is 0 Å². The molecule has 5 rings (SSSR count). The second kappa shape index (κ2) is 9.70. The summed E-state index contributed by atoms with van der Waals surface area (Å²) in [7, 11) is 0. The Morgan fingerprint density at radius 2 is 1.88 bits per heavy atom. The molecule has 0 spiro atoms. The highest BCUT2D eigenvalue weighted by Gasteiger charge is 2.15. The molecule has 1 saturated carbocycles. The summed E-state index contributed by atoms with van der Waals surface area (Å²) in [6.45, 7) is 2.00. The first kappa shape index (κ1) is 21.6. The van der Waals surface area contributed by atoms with Gasteiger partial charge in [0.2, 0.25) is 5.95 Å². The Bertz CT molecular complexity index is 1260. The third-order valence-corrected chi connectivity index (χ3v) is 6.62. The number of hydrogen-bond acceptors (Lipinski definition) is 7. The largest absolute Gasteiger partial charge is 0.351 e. The Balaban J connectivity index is 1.35. The predicted octanol–water partition coefficient (Wildman–Crippen LogP) is 6.40. The lowest BCUT2D eigenvalue weighted by Crippen LogP contribution is -2.23. The molecule has 0 saturated heterocycles. The van der Waals surface area contributed by atoms with E-state index in [0.717, 1.165) is 28.9 Å². The van der Waals surface area contributed by atoms with Gasteiger partial charge in [-0.1, -0.05) is 31.4 Å². The number of pyridine rings is 2. The van der Waals surface area contributed by atoms with E-state index in [-0.39, 0.29) is 5.82 Å². The van der Waals surface area contributed by atoms with Gasteiger partial charge in [0.25, 0.3) is 0 Å². The Kier molecular flexibility index (Phi) is 6.35. The minimum Gasteiger partial charge on any atom is -0.351 e. The summed E-state index contributed by atoms with van der Waals surface area (Å²) < 4.78 is 17.8. The maximum Gasteiger partial charge on any atom is 0.223 e. The van der Waals surface area contributed by atoms with Crippen molar-refractivity contribution < 1.29 is 4.39 Å². The predicted molar refractivity (Wildman–Crippen MR) is 132 cm³/mol. The molecule has 1 fully saturated rings. The average molecular weight is 461 g/mol. The molecule has 0 aliphatic heterocycles. The van der Waals surface area contributed by atoms with Crippen LogP contribution in [0.4, 0.5) is 16.0 Å². The van der Waals surface area contributed by atoms with Gasteiger partial charge in [0, 0.05) is 29.8 Å². The van der Waals surface area contributed by atoms with Crippen LogP contribution in [0.5, 0.6) is 0 Å². The van der Waals surface area contributed by atoms with Crippen LogP contribution < -0.4 is 10.0 Å². The SMILES string of the molecule is Cc1cc(-c2ccc(NSc3ccccn3)c(F)c2)nc2cnc(NC3CCCCC3)nc12. The van der Waals surface area contributed by atoms with E-state index < -0.39 is 0 Å². The summed E-state index contributed by atoms with van der Waals surface area (Å²) in [6.07, 6.45) is 9.59. The highest BCUT2D eigenvalue weighted by atomic mass is 32.2. The second-order valence-electron chi connectivity index (χ2n) is 8.30. The number of hydrogen-bond donors (Lipinski definition) is 2. The smallest absolute Gasteiger partial charge is 0.223 e. The van der Waals surface area contributed by atoms with Crippen molar-refractivity contribution in [2.24, 2.45) is 0 Å². The molecule has 0 bridgehead atoms. The van der Waals surface area contributed by atoms with Gasteiger partial charge in [-0.05, 0) is 55.7 Å². The Morgan fingerprint density at radius 1 is 1.00 bits per heavy atom. The number of halogens is 1. The lowest BCUT2D eigenvalue weighted by molar-refractivity contribution is 0.461. The molecule has 0 radical (unpaired) electrons. The van der Waals surface area contributed by atoms with E-state index in [9.17, 15) is 4.39 Å². The molecule has 168 valence electrons. The first-order valence-electron chi connectivity index (χ1n) is 11.2. The third-order valence-electron chi connectivity index (χ3n) is 5.84. The van der Waals surface area contributed by atoms with E-state index in [4.69, 9.17) is 9.97 Å². The van der Waals surface area contributed by atoms with E-state index in [1.165, 1.54) is 37.3 Å². The molecule has 0 amide bonds. The van der Waals surface area contributed by atoms with Gasteiger partial charge in [-0.2, -0.15) is 0 Å². The molecule has 1 aromatic carbocycles. The Hall–Kier alpha value is -3.26. The van der Waals surface area contributed by atoms with Crippen molar-refractivity contribution in [1.82, 2.24) is 19.9 Å². The Morgan fingerprint density at radius 3 is 2.67 bits per heavy atom.